The smallest absolute Gasteiger partial charge is 0.325 e. The van der Waals surface area contributed by atoms with Crippen LogP contribution in [0.4, 0.5) is 8.78 Å². The first kappa shape index (κ1) is 19.3. The van der Waals surface area contributed by atoms with Crippen LogP contribution in [0, 0.1) is 17.6 Å². The topological polar surface area (TPSA) is 86.7 Å². The third kappa shape index (κ3) is 3.79. The molecule has 0 spiro atoms. The van der Waals surface area contributed by atoms with Crippen molar-refractivity contribution in [2.45, 2.75) is 57.2 Å². The summed E-state index contributed by atoms with van der Waals surface area (Å²) in [6.45, 7) is 1.34. The van der Waals surface area contributed by atoms with Crippen LogP contribution in [0.2, 0.25) is 0 Å². The lowest BCUT2D eigenvalue weighted by Gasteiger charge is -2.34. The third-order valence-corrected chi connectivity index (χ3v) is 5.52. The predicted molar refractivity (Wildman–Crippen MR) is 91.9 cm³/mol. The molecule has 0 aromatic heterocycles. The summed E-state index contributed by atoms with van der Waals surface area (Å²) in [6.07, 6.45) is 3.87. The molecule has 0 radical (unpaired) electrons. The number of carboxylic acid groups (broad SMARTS) is 1. The number of nitrogens with one attached hydrogen (secondary N) is 1. The van der Waals surface area contributed by atoms with Crippen LogP contribution in [0.1, 0.15) is 49.4 Å². The SMILES string of the molecule is C[C@@H](NC(=O)C1CC2CCCCC2N1C(=O)c1ccc(F)cc1F)C(=O)O. The van der Waals surface area contributed by atoms with Crippen molar-refractivity contribution in [3.8, 4) is 0 Å². The molecule has 1 aromatic rings. The van der Waals surface area contributed by atoms with Crippen molar-refractivity contribution < 1.29 is 28.3 Å². The van der Waals surface area contributed by atoms with Gasteiger partial charge in [-0.05, 0) is 44.2 Å². The van der Waals surface area contributed by atoms with Gasteiger partial charge in [0.05, 0.1) is 5.56 Å². The van der Waals surface area contributed by atoms with Crippen LogP contribution >= 0.6 is 0 Å². The van der Waals surface area contributed by atoms with Crippen LogP contribution in [-0.4, -0.2) is 45.9 Å². The molecule has 1 saturated carbocycles. The molecule has 27 heavy (non-hydrogen) atoms. The number of rotatable bonds is 4. The van der Waals surface area contributed by atoms with E-state index < -0.39 is 41.5 Å². The molecule has 1 aliphatic heterocycles. The first-order valence-corrected chi connectivity index (χ1v) is 9.10. The summed E-state index contributed by atoms with van der Waals surface area (Å²) in [4.78, 5) is 38.1. The molecular formula is C19H22F2N2O4. The number of carbonyl (C=O) groups is 3. The minimum Gasteiger partial charge on any atom is -0.480 e. The number of carbonyl (C=O) groups excluding carboxylic acids is 2. The van der Waals surface area contributed by atoms with Gasteiger partial charge in [0.1, 0.15) is 23.7 Å². The van der Waals surface area contributed by atoms with Crippen molar-refractivity contribution in [3.63, 3.8) is 0 Å². The Morgan fingerprint density at radius 2 is 1.93 bits per heavy atom. The number of hydrogen-bond donors (Lipinski definition) is 2. The van der Waals surface area contributed by atoms with E-state index in [2.05, 4.69) is 5.32 Å². The van der Waals surface area contributed by atoms with Gasteiger partial charge in [0.25, 0.3) is 5.91 Å². The van der Waals surface area contributed by atoms with E-state index in [0.29, 0.717) is 18.9 Å². The maximum absolute atomic E-state index is 14.2. The number of amides is 2. The van der Waals surface area contributed by atoms with Crippen LogP contribution in [0.3, 0.4) is 0 Å². The van der Waals surface area contributed by atoms with Crippen molar-refractivity contribution >= 4 is 17.8 Å². The molecule has 3 unspecified atom stereocenters. The number of fused-ring (bicyclic) bond motifs is 1. The second-order valence-electron chi connectivity index (χ2n) is 7.27. The highest BCUT2D eigenvalue weighted by Crippen LogP contribution is 2.40. The zero-order valence-corrected chi connectivity index (χ0v) is 15.0. The van der Waals surface area contributed by atoms with Crippen LogP contribution < -0.4 is 5.32 Å². The Hall–Kier alpha value is -2.51. The molecule has 0 bridgehead atoms. The zero-order valence-electron chi connectivity index (χ0n) is 15.0. The Labute approximate surface area is 155 Å². The normalized spacial score (nSPS) is 25.6. The molecule has 2 amide bonds. The summed E-state index contributed by atoms with van der Waals surface area (Å²) in [5.41, 5.74) is -0.285. The lowest BCUT2D eigenvalue weighted by molar-refractivity contribution is -0.141. The highest BCUT2D eigenvalue weighted by molar-refractivity contribution is 5.99. The molecule has 3 rings (SSSR count). The van der Waals surface area contributed by atoms with Crippen LogP contribution in [-0.2, 0) is 9.59 Å². The van der Waals surface area contributed by atoms with Crippen molar-refractivity contribution in [2.75, 3.05) is 0 Å². The zero-order chi connectivity index (χ0) is 19.7. The Morgan fingerprint density at radius 1 is 1.22 bits per heavy atom. The molecule has 1 heterocycles. The molecule has 2 aliphatic rings. The van der Waals surface area contributed by atoms with E-state index in [1.807, 2.05) is 0 Å². The van der Waals surface area contributed by atoms with Gasteiger partial charge < -0.3 is 15.3 Å². The highest BCUT2D eigenvalue weighted by Gasteiger charge is 2.48. The highest BCUT2D eigenvalue weighted by atomic mass is 19.1. The van der Waals surface area contributed by atoms with Gasteiger partial charge in [-0.1, -0.05) is 12.8 Å². The lowest BCUT2D eigenvalue weighted by Crippen LogP contribution is -2.52. The molecule has 2 fully saturated rings. The van der Waals surface area contributed by atoms with E-state index in [1.165, 1.54) is 11.8 Å². The molecule has 8 heteroatoms. The molecule has 6 nitrogen and oxygen atoms in total. The first-order valence-electron chi connectivity index (χ1n) is 9.10. The fourth-order valence-corrected chi connectivity index (χ4v) is 4.16. The number of benzene rings is 1. The molecule has 1 saturated heterocycles. The maximum atomic E-state index is 14.2. The van der Waals surface area contributed by atoms with E-state index in [-0.39, 0.29) is 17.5 Å². The van der Waals surface area contributed by atoms with Crippen LogP contribution in [0.5, 0.6) is 0 Å². The number of aliphatic carboxylic acids is 1. The average Bonchev–Trinajstić information content (AvgIpc) is 3.00. The van der Waals surface area contributed by atoms with Crippen LogP contribution in [0.25, 0.3) is 0 Å². The summed E-state index contributed by atoms with van der Waals surface area (Å²) in [5.74, 6) is -4.05. The maximum Gasteiger partial charge on any atom is 0.325 e. The average molecular weight is 380 g/mol. The van der Waals surface area contributed by atoms with Crippen molar-refractivity contribution in [1.29, 1.82) is 0 Å². The molecule has 4 atom stereocenters. The van der Waals surface area contributed by atoms with Gasteiger partial charge in [0.15, 0.2) is 0 Å². The van der Waals surface area contributed by atoms with Crippen molar-refractivity contribution in [2.24, 2.45) is 5.92 Å². The predicted octanol–water partition coefficient (Wildman–Crippen LogP) is 2.33. The van der Waals surface area contributed by atoms with E-state index in [9.17, 15) is 23.2 Å². The van der Waals surface area contributed by atoms with Gasteiger partial charge in [0.2, 0.25) is 5.91 Å². The monoisotopic (exact) mass is 380 g/mol. The summed E-state index contributed by atoms with van der Waals surface area (Å²) in [7, 11) is 0. The fraction of sp³-hybridized carbons (Fsp3) is 0.526. The van der Waals surface area contributed by atoms with Gasteiger partial charge >= 0.3 is 5.97 Å². The Bertz CT molecular complexity index is 770. The molecule has 2 N–H and O–H groups in total. The van der Waals surface area contributed by atoms with Gasteiger partial charge in [-0.3, -0.25) is 14.4 Å². The lowest BCUT2D eigenvalue weighted by atomic mass is 9.84. The van der Waals surface area contributed by atoms with Gasteiger partial charge in [0, 0.05) is 12.1 Å². The number of hydrogen-bond acceptors (Lipinski definition) is 3. The number of carboxylic acids is 1. The second kappa shape index (κ2) is 7.62. The third-order valence-electron chi connectivity index (χ3n) is 5.52. The Kier molecular flexibility index (Phi) is 5.43. The quantitative estimate of drug-likeness (QED) is 0.839. The summed E-state index contributed by atoms with van der Waals surface area (Å²) in [6, 6.07) is 0.566. The van der Waals surface area contributed by atoms with E-state index >= 15 is 0 Å². The van der Waals surface area contributed by atoms with Gasteiger partial charge in [-0.15, -0.1) is 0 Å². The standard InChI is InChI=1S/C19H22F2N2O4/c1-10(19(26)27)22-17(24)16-8-11-4-2-3-5-15(11)23(16)18(25)13-7-6-12(20)9-14(13)21/h6-7,9-11,15-16H,2-5,8H2,1H3,(H,22,24)(H,26,27)/t10-,11?,15?,16?/m1/s1. The Morgan fingerprint density at radius 3 is 2.59 bits per heavy atom. The first-order chi connectivity index (χ1) is 12.8. The molecule has 1 aromatic carbocycles. The van der Waals surface area contributed by atoms with Crippen molar-refractivity contribution in [1.82, 2.24) is 10.2 Å². The summed E-state index contributed by atoms with van der Waals surface area (Å²) >= 11 is 0. The number of likely N-dealkylation sites (tertiary alicyclic amines) is 1. The Balaban J connectivity index is 1.90. The van der Waals surface area contributed by atoms with E-state index in [4.69, 9.17) is 5.11 Å². The van der Waals surface area contributed by atoms with Crippen LogP contribution in [0.15, 0.2) is 18.2 Å². The number of halogens is 2. The molecular weight excluding hydrogens is 358 g/mol. The van der Waals surface area contributed by atoms with Gasteiger partial charge in [-0.2, -0.15) is 0 Å². The minimum atomic E-state index is -1.18. The van der Waals surface area contributed by atoms with E-state index in [1.54, 1.807) is 0 Å². The minimum absolute atomic E-state index is 0.113. The largest absolute Gasteiger partial charge is 0.480 e. The molecule has 1 aliphatic carbocycles. The summed E-state index contributed by atoms with van der Waals surface area (Å²) in [5, 5.41) is 11.4. The summed E-state index contributed by atoms with van der Waals surface area (Å²) < 4.78 is 27.4. The fourth-order valence-electron chi connectivity index (χ4n) is 4.16. The van der Waals surface area contributed by atoms with Crippen molar-refractivity contribution in [3.05, 3.63) is 35.4 Å². The second-order valence-corrected chi connectivity index (χ2v) is 7.27. The number of nitrogens with zero attached hydrogens (tertiary/aromatic N) is 1. The van der Waals surface area contributed by atoms with Gasteiger partial charge in [-0.25, -0.2) is 8.78 Å². The van der Waals surface area contributed by atoms with E-state index in [0.717, 1.165) is 31.4 Å². The molecule has 146 valence electrons.